The predicted octanol–water partition coefficient (Wildman–Crippen LogP) is 4.84. The van der Waals surface area contributed by atoms with E-state index in [4.69, 9.17) is 12.2 Å². The summed E-state index contributed by atoms with van der Waals surface area (Å²) in [6.45, 7) is 8.90. The Kier molecular flexibility index (Phi) is 5.85. The molecule has 0 bridgehead atoms. The lowest BCUT2D eigenvalue weighted by molar-refractivity contribution is 0.411. The fraction of sp³-hybridized carbons (Fsp3) is 0.632. The first-order valence-corrected chi connectivity index (χ1v) is 8.94. The molecule has 1 fully saturated rings. The molecule has 2 nitrogen and oxygen atoms in total. The van der Waals surface area contributed by atoms with Crippen LogP contribution in [-0.2, 0) is 5.41 Å². The summed E-state index contributed by atoms with van der Waals surface area (Å²) < 4.78 is 0. The Bertz CT molecular complexity index is 481. The maximum Gasteiger partial charge on any atom is 0.166 e. The maximum absolute atomic E-state index is 5.47. The molecule has 22 heavy (non-hydrogen) atoms. The molecule has 1 aliphatic carbocycles. The summed E-state index contributed by atoms with van der Waals surface area (Å²) in [7, 11) is 0. The normalized spacial score (nSPS) is 17.8. The zero-order valence-electron chi connectivity index (χ0n) is 14.4. The quantitative estimate of drug-likeness (QED) is 0.780. The summed E-state index contributed by atoms with van der Waals surface area (Å²) in [5.74, 6) is 0. The van der Waals surface area contributed by atoms with Gasteiger partial charge in [-0.1, -0.05) is 64.3 Å². The van der Waals surface area contributed by atoms with E-state index in [1.807, 2.05) is 0 Å². The molecule has 0 heterocycles. The van der Waals surface area contributed by atoms with E-state index in [0.29, 0.717) is 6.04 Å². The third-order valence-corrected chi connectivity index (χ3v) is 4.80. The van der Waals surface area contributed by atoms with Gasteiger partial charge in [0.25, 0.3) is 0 Å². The standard InChI is InChI=1S/C19H30N2S/c1-14(15-10-12-16(13-11-15)19(2,3)4)20-18(22)21-17-8-6-5-7-9-17/h10-14,17H,5-9H2,1-4H3,(H2,20,21,22)/t14-/m1/s1. The molecule has 0 amide bonds. The minimum absolute atomic E-state index is 0.201. The second kappa shape index (κ2) is 7.45. The number of rotatable bonds is 3. The lowest BCUT2D eigenvalue weighted by Crippen LogP contribution is -2.43. The van der Waals surface area contributed by atoms with Gasteiger partial charge in [0.05, 0.1) is 6.04 Å². The van der Waals surface area contributed by atoms with Crippen LogP contribution in [0, 0.1) is 0 Å². The van der Waals surface area contributed by atoms with E-state index >= 15 is 0 Å². The second-order valence-corrected chi connectivity index (χ2v) is 7.95. The van der Waals surface area contributed by atoms with Gasteiger partial charge in [-0.2, -0.15) is 0 Å². The van der Waals surface area contributed by atoms with Crippen LogP contribution in [0.25, 0.3) is 0 Å². The first-order valence-electron chi connectivity index (χ1n) is 8.54. The molecule has 1 aromatic carbocycles. The van der Waals surface area contributed by atoms with Gasteiger partial charge in [0, 0.05) is 6.04 Å². The van der Waals surface area contributed by atoms with Crippen molar-refractivity contribution in [2.45, 2.75) is 77.3 Å². The number of thiocarbonyl (C=S) groups is 1. The Balaban J connectivity index is 1.88. The highest BCUT2D eigenvalue weighted by Crippen LogP contribution is 2.24. The van der Waals surface area contributed by atoms with E-state index in [-0.39, 0.29) is 11.5 Å². The van der Waals surface area contributed by atoms with Crippen LogP contribution in [-0.4, -0.2) is 11.2 Å². The second-order valence-electron chi connectivity index (χ2n) is 7.55. The molecule has 0 spiro atoms. The lowest BCUT2D eigenvalue weighted by atomic mass is 9.86. The topological polar surface area (TPSA) is 24.1 Å². The monoisotopic (exact) mass is 318 g/mol. The van der Waals surface area contributed by atoms with Crippen LogP contribution >= 0.6 is 12.2 Å². The van der Waals surface area contributed by atoms with Crippen LogP contribution in [0.3, 0.4) is 0 Å². The minimum Gasteiger partial charge on any atom is -0.360 e. The van der Waals surface area contributed by atoms with E-state index in [1.165, 1.54) is 43.2 Å². The highest BCUT2D eigenvalue weighted by Gasteiger charge is 2.16. The molecule has 0 radical (unpaired) electrons. The van der Waals surface area contributed by atoms with Crippen molar-refractivity contribution in [3.63, 3.8) is 0 Å². The molecule has 2 rings (SSSR count). The van der Waals surface area contributed by atoms with Crippen LogP contribution in [0.15, 0.2) is 24.3 Å². The van der Waals surface area contributed by atoms with Crippen LogP contribution in [0.5, 0.6) is 0 Å². The predicted molar refractivity (Wildman–Crippen MR) is 99.3 cm³/mol. The highest BCUT2D eigenvalue weighted by molar-refractivity contribution is 7.80. The van der Waals surface area contributed by atoms with Crippen LogP contribution in [0.4, 0.5) is 0 Å². The average Bonchev–Trinajstić information content (AvgIpc) is 2.47. The van der Waals surface area contributed by atoms with E-state index in [1.54, 1.807) is 0 Å². The van der Waals surface area contributed by atoms with E-state index < -0.39 is 0 Å². The molecule has 0 saturated heterocycles. The van der Waals surface area contributed by atoms with E-state index in [9.17, 15) is 0 Å². The lowest BCUT2D eigenvalue weighted by Gasteiger charge is -2.26. The summed E-state index contributed by atoms with van der Waals surface area (Å²) in [5, 5.41) is 7.69. The molecule has 1 saturated carbocycles. The van der Waals surface area contributed by atoms with Crippen molar-refractivity contribution in [2.24, 2.45) is 0 Å². The molecule has 1 atom stereocenters. The molecular weight excluding hydrogens is 288 g/mol. The molecular formula is C19H30N2S. The van der Waals surface area contributed by atoms with Gasteiger partial charge in [-0.05, 0) is 48.5 Å². The van der Waals surface area contributed by atoms with Crippen LogP contribution in [0.1, 0.15) is 77.0 Å². The molecule has 0 aromatic heterocycles. The smallest absolute Gasteiger partial charge is 0.166 e. The van der Waals surface area contributed by atoms with Crippen LogP contribution < -0.4 is 10.6 Å². The molecule has 2 N–H and O–H groups in total. The number of hydrogen-bond acceptors (Lipinski definition) is 1. The van der Waals surface area contributed by atoms with Crippen molar-refractivity contribution in [3.8, 4) is 0 Å². The van der Waals surface area contributed by atoms with Crippen molar-refractivity contribution in [3.05, 3.63) is 35.4 Å². The maximum atomic E-state index is 5.47. The number of hydrogen-bond donors (Lipinski definition) is 2. The Morgan fingerprint density at radius 2 is 1.68 bits per heavy atom. The third-order valence-electron chi connectivity index (χ3n) is 4.56. The third kappa shape index (κ3) is 4.98. The van der Waals surface area contributed by atoms with Crippen molar-refractivity contribution in [1.29, 1.82) is 0 Å². The van der Waals surface area contributed by atoms with Crippen molar-refractivity contribution < 1.29 is 0 Å². The van der Waals surface area contributed by atoms with Crippen molar-refractivity contribution in [2.75, 3.05) is 0 Å². The van der Waals surface area contributed by atoms with Gasteiger partial charge in [0.2, 0.25) is 0 Å². The van der Waals surface area contributed by atoms with E-state index in [2.05, 4.69) is 62.6 Å². The molecule has 122 valence electrons. The van der Waals surface area contributed by atoms with Gasteiger partial charge in [-0.25, -0.2) is 0 Å². The number of benzene rings is 1. The molecule has 1 aliphatic rings. The van der Waals surface area contributed by atoms with Gasteiger partial charge in [0.15, 0.2) is 5.11 Å². The van der Waals surface area contributed by atoms with Gasteiger partial charge < -0.3 is 10.6 Å². The summed E-state index contributed by atoms with van der Waals surface area (Å²) in [6, 6.07) is 9.67. The Morgan fingerprint density at radius 3 is 2.23 bits per heavy atom. The fourth-order valence-corrected chi connectivity index (χ4v) is 3.37. The van der Waals surface area contributed by atoms with E-state index in [0.717, 1.165) is 5.11 Å². The molecule has 0 aliphatic heterocycles. The van der Waals surface area contributed by atoms with Gasteiger partial charge >= 0.3 is 0 Å². The Labute approximate surface area is 141 Å². The summed E-state index contributed by atoms with van der Waals surface area (Å²) in [5.41, 5.74) is 2.85. The summed E-state index contributed by atoms with van der Waals surface area (Å²) in [6.07, 6.45) is 6.51. The van der Waals surface area contributed by atoms with Crippen LogP contribution in [0.2, 0.25) is 0 Å². The fourth-order valence-electron chi connectivity index (χ4n) is 3.03. The van der Waals surface area contributed by atoms with Gasteiger partial charge in [-0.3, -0.25) is 0 Å². The summed E-state index contributed by atoms with van der Waals surface area (Å²) in [4.78, 5) is 0. The van der Waals surface area contributed by atoms with Gasteiger partial charge in [0.1, 0.15) is 0 Å². The summed E-state index contributed by atoms with van der Waals surface area (Å²) >= 11 is 5.47. The zero-order chi connectivity index (χ0) is 16.2. The molecule has 0 unspecified atom stereocenters. The number of nitrogens with one attached hydrogen (secondary N) is 2. The first-order chi connectivity index (χ1) is 10.4. The van der Waals surface area contributed by atoms with Crippen molar-refractivity contribution >= 4 is 17.3 Å². The largest absolute Gasteiger partial charge is 0.360 e. The minimum atomic E-state index is 0.201. The Morgan fingerprint density at radius 1 is 1.09 bits per heavy atom. The first kappa shape index (κ1) is 17.3. The molecule has 1 aromatic rings. The molecule has 3 heteroatoms. The van der Waals surface area contributed by atoms with Gasteiger partial charge in [-0.15, -0.1) is 0 Å². The van der Waals surface area contributed by atoms with Crippen molar-refractivity contribution in [1.82, 2.24) is 10.6 Å². The zero-order valence-corrected chi connectivity index (χ0v) is 15.2. The SMILES string of the molecule is C[C@@H](NC(=S)NC1CCCCC1)c1ccc(C(C)(C)C)cc1. The Hall–Kier alpha value is -1.09. The average molecular weight is 319 g/mol. The highest BCUT2D eigenvalue weighted by atomic mass is 32.1.